The fourth-order valence-electron chi connectivity index (χ4n) is 4.16. The number of nitrogens with zero attached hydrogens (tertiary/aromatic N) is 2. The summed E-state index contributed by atoms with van der Waals surface area (Å²) in [5, 5.41) is 0. The Morgan fingerprint density at radius 2 is 1.81 bits per heavy atom. The Morgan fingerprint density at radius 3 is 2.52 bits per heavy atom. The average Bonchev–Trinajstić information content (AvgIpc) is 3.17. The second-order valence-electron chi connectivity index (χ2n) is 7.79. The number of ether oxygens (including phenoxy) is 2. The zero-order chi connectivity index (χ0) is 22.0. The summed E-state index contributed by atoms with van der Waals surface area (Å²) >= 11 is 0. The van der Waals surface area contributed by atoms with E-state index in [1.807, 2.05) is 12.1 Å². The van der Waals surface area contributed by atoms with Gasteiger partial charge in [0, 0.05) is 45.0 Å². The Bertz CT molecular complexity index is 976. The maximum atomic E-state index is 13.8. The van der Waals surface area contributed by atoms with E-state index < -0.39 is 17.6 Å². The van der Waals surface area contributed by atoms with Crippen LogP contribution in [0, 0.1) is 17.6 Å². The van der Waals surface area contributed by atoms with Crippen LogP contribution in [0.4, 0.5) is 14.5 Å². The molecule has 2 aromatic carbocycles. The maximum Gasteiger partial charge on any atom is 0.228 e. The summed E-state index contributed by atoms with van der Waals surface area (Å²) in [6, 6.07) is 10.5. The molecule has 1 unspecified atom stereocenters. The van der Waals surface area contributed by atoms with Crippen molar-refractivity contribution in [1.29, 1.82) is 0 Å². The number of para-hydroxylation sites is 2. The summed E-state index contributed by atoms with van der Waals surface area (Å²) in [5.74, 6) is -1.36. The van der Waals surface area contributed by atoms with E-state index in [4.69, 9.17) is 9.47 Å². The van der Waals surface area contributed by atoms with Crippen LogP contribution in [0.15, 0.2) is 42.5 Å². The van der Waals surface area contributed by atoms with Gasteiger partial charge < -0.3 is 19.3 Å². The third-order valence-electron chi connectivity index (χ3n) is 5.79. The molecule has 2 amide bonds. The number of hydrogen-bond acceptors (Lipinski definition) is 4. The van der Waals surface area contributed by atoms with Crippen molar-refractivity contribution in [3.8, 4) is 11.5 Å². The van der Waals surface area contributed by atoms with Crippen molar-refractivity contribution in [3.05, 3.63) is 54.1 Å². The standard InChI is InChI=1S/C23H24F2N2O4/c1-30-21-5-3-2-4-19(21)27-14-15(12-22(27)28)23(29)26-10-8-17(9-11-26)31-20-7-6-16(24)13-18(20)25/h2-7,13,15,17H,8-12,14H2,1H3. The number of piperidine rings is 1. The number of rotatable bonds is 5. The van der Waals surface area contributed by atoms with Crippen LogP contribution in [0.3, 0.4) is 0 Å². The summed E-state index contributed by atoms with van der Waals surface area (Å²) in [5.41, 5.74) is 0.665. The quantitative estimate of drug-likeness (QED) is 0.730. The molecular weight excluding hydrogens is 406 g/mol. The number of anilines is 1. The van der Waals surface area contributed by atoms with Gasteiger partial charge in [0.05, 0.1) is 18.7 Å². The van der Waals surface area contributed by atoms with E-state index in [1.165, 1.54) is 6.07 Å². The molecular formula is C23H24F2N2O4. The molecule has 0 aromatic heterocycles. The van der Waals surface area contributed by atoms with Crippen molar-refractivity contribution in [2.24, 2.45) is 5.92 Å². The molecule has 164 valence electrons. The molecule has 2 fully saturated rings. The Balaban J connectivity index is 1.34. The molecule has 2 aliphatic heterocycles. The Labute approximate surface area is 179 Å². The highest BCUT2D eigenvalue weighted by atomic mass is 19.1. The van der Waals surface area contributed by atoms with E-state index in [-0.39, 0.29) is 30.1 Å². The lowest BCUT2D eigenvalue weighted by Crippen LogP contribution is -2.45. The Kier molecular flexibility index (Phi) is 6.06. The second kappa shape index (κ2) is 8.91. The van der Waals surface area contributed by atoms with Gasteiger partial charge in [0.1, 0.15) is 17.7 Å². The van der Waals surface area contributed by atoms with E-state index in [1.54, 1.807) is 29.0 Å². The lowest BCUT2D eigenvalue weighted by atomic mass is 10.0. The minimum absolute atomic E-state index is 0.0139. The number of carbonyl (C=O) groups is 2. The van der Waals surface area contributed by atoms with Gasteiger partial charge in [0.2, 0.25) is 11.8 Å². The first-order valence-electron chi connectivity index (χ1n) is 10.3. The summed E-state index contributed by atoms with van der Waals surface area (Å²) < 4.78 is 37.9. The van der Waals surface area contributed by atoms with Gasteiger partial charge in [0.25, 0.3) is 0 Å². The number of hydrogen-bond donors (Lipinski definition) is 0. The zero-order valence-corrected chi connectivity index (χ0v) is 17.2. The fourth-order valence-corrected chi connectivity index (χ4v) is 4.16. The summed E-state index contributed by atoms with van der Waals surface area (Å²) in [4.78, 5) is 28.9. The van der Waals surface area contributed by atoms with Gasteiger partial charge in [-0.05, 0) is 24.3 Å². The number of amides is 2. The van der Waals surface area contributed by atoms with Crippen LogP contribution in [-0.2, 0) is 9.59 Å². The van der Waals surface area contributed by atoms with Gasteiger partial charge in [-0.2, -0.15) is 0 Å². The number of halogens is 2. The normalized spacial score (nSPS) is 19.6. The summed E-state index contributed by atoms with van der Waals surface area (Å²) in [6.07, 6.45) is 0.992. The summed E-state index contributed by atoms with van der Waals surface area (Å²) in [6.45, 7) is 1.24. The van der Waals surface area contributed by atoms with Crippen molar-refractivity contribution in [1.82, 2.24) is 4.90 Å². The molecule has 0 N–H and O–H groups in total. The first-order chi connectivity index (χ1) is 15.0. The van der Waals surface area contributed by atoms with Crippen molar-refractivity contribution in [2.45, 2.75) is 25.4 Å². The van der Waals surface area contributed by atoms with Crippen LogP contribution in [0.5, 0.6) is 11.5 Å². The molecule has 0 saturated carbocycles. The molecule has 2 aliphatic rings. The Hall–Kier alpha value is -3.16. The van der Waals surface area contributed by atoms with Crippen molar-refractivity contribution < 1.29 is 27.8 Å². The molecule has 8 heteroatoms. The molecule has 0 radical (unpaired) electrons. The number of likely N-dealkylation sites (tertiary alicyclic amines) is 1. The maximum absolute atomic E-state index is 13.8. The predicted molar refractivity (Wildman–Crippen MR) is 110 cm³/mol. The smallest absolute Gasteiger partial charge is 0.228 e. The predicted octanol–water partition coefficient (Wildman–Crippen LogP) is 3.40. The number of benzene rings is 2. The molecule has 2 heterocycles. The second-order valence-corrected chi connectivity index (χ2v) is 7.79. The molecule has 2 aromatic rings. The third kappa shape index (κ3) is 4.47. The van der Waals surface area contributed by atoms with E-state index in [2.05, 4.69) is 0 Å². The van der Waals surface area contributed by atoms with Crippen LogP contribution in [0.1, 0.15) is 19.3 Å². The summed E-state index contributed by atoms with van der Waals surface area (Å²) in [7, 11) is 1.55. The van der Waals surface area contributed by atoms with Gasteiger partial charge in [-0.25, -0.2) is 8.78 Å². The fraction of sp³-hybridized carbons (Fsp3) is 0.391. The highest BCUT2D eigenvalue weighted by Crippen LogP contribution is 2.33. The third-order valence-corrected chi connectivity index (χ3v) is 5.79. The van der Waals surface area contributed by atoms with Gasteiger partial charge >= 0.3 is 0 Å². The minimum Gasteiger partial charge on any atom is -0.495 e. The zero-order valence-electron chi connectivity index (χ0n) is 17.2. The first kappa shape index (κ1) is 21.1. The lowest BCUT2D eigenvalue weighted by Gasteiger charge is -2.33. The van der Waals surface area contributed by atoms with E-state index >= 15 is 0 Å². The van der Waals surface area contributed by atoms with Gasteiger partial charge in [-0.1, -0.05) is 12.1 Å². The molecule has 4 rings (SSSR count). The minimum atomic E-state index is -0.737. The van der Waals surface area contributed by atoms with Crippen molar-refractivity contribution in [3.63, 3.8) is 0 Å². The monoisotopic (exact) mass is 430 g/mol. The highest BCUT2D eigenvalue weighted by molar-refractivity contribution is 6.01. The topological polar surface area (TPSA) is 59.1 Å². The van der Waals surface area contributed by atoms with Crippen LogP contribution >= 0.6 is 0 Å². The molecule has 0 aliphatic carbocycles. The highest BCUT2D eigenvalue weighted by Gasteiger charge is 2.39. The first-order valence-corrected chi connectivity index (χ1v) is 10.3. The van der Waals surface area contributed by atoms with Crippen LogP contribution < -0.4 is 14.4 Å². The van der Waals surface area contributed by atoms with E-state index in [0.717, 1.165) is 12.1 Å². The van der Waals surface area contributed by atoms with Gasteiger partial charge in [0.15, 0.2) is 11.6 Å². The van der Waals surface area contributed by atoms with Crippen LogP contribution in [0.2, 0.25) is 0 Å². The van der Waals surface area contributed by atoms with Crippen LogP contribution in [0.25, 0.3) is 0 Å². The van der Waals surface area contributed by atoms with E-state index in [9.17, 15) is 18.4 Å². The van der Waals surface area contributed by atoms with Gasteiger partial charge in [-0.15, -0.1) is 0 Å². The SMILES string of the molecule is COc1ccccc1N1CC(C(=O)N2CCC(Oc3ccc(F)cc3F)CC2)CC1=O. The van der Waals surface area contributed by atoms with Crippen molar-refractivity contribution >= 4 is 17.5 Å². The molecule has 0 spiro atoms. The molecule has 6 nitrogen and oxygen atoms in total. The molecule has 0 bridgehead atoms. The molecule has 1 atom stereocenters. The average molecular weight is 430 g/mol. The largest absolute Gasteiger partial charge is 0.495 e. The Morgan fingerprint density at radius 1 is 1.06 bits per heavy atom. The molecule has 31 heavy (non-hydrogen) atoms. The molecule has 2 saturated heterocycles. The van der Waals surface area contributed by atoms with Gasteiger partial charge in [-0.3, -0.25) is 9.59 Å². The number of carbonyl (C=O) groups excluding carboxylic acids is 2. The lowest BCUT2D eigenvalue weighted by molar-refractivity contribution is -0.137. The number of methoxy groups -OCH3 is 1. The van der Waals surface area contributed by atoms with Crippen molar-refractivity contribution in [2.75, 3.05) is 31.6 Å². The van der Waals surface area contributed by atoms with Crippen LogP contribution in [-0.4, -0.2) is 49.6 Å². The van der Waals surface area contributed by atoms with E-state index in [0.29, 0.717) is 43.9 Å².